The molecule has 1 aromatic carbocycles. The monoisotopic (exact) mass is 380 g/mol. The SMILES string of the molecule is CO[C@@H]1C[C@@H](C(=O)Nc2cc3c(C)cc(=O)oc3cc2C)CC[C@H]1N.Cl. The number of rotatable bonds is 3. The van der Waals surface area contributed by atoms with Crippen molar-refractivity contribution in [1.82, 2.24) is 0 Å². The number of aryl methyl sites for hydroxylation is 2. The Morgan fingerprint density at radius 2 is 1.96 bits per heavy atom. The fourth-order valence-corrected chi connectivity index (χ4v) is 3.50. The van der Waals surface area contributed by atoms with Crippen LogP contribution in [0.4, 0.5) is 5.69 Å². The Hall–Kier alpha value is -1.89. The molecule has 2 aromatic rings. The van der Waals surface area contributed by atoms with Crippen molar-refractivity contribution in [3.05, 3.63) is 39.7 Å². The molecule has 0 bridgehead atoms. The van der Waals surface area contributed by atoms with Crippen LogP contribution in [0.5, 0.6) is 0 Å². The molecule has 1 aliphatic carbocycles. The molecule has 1 saturated carbocycles. The number of benzene rings is 1. The summed E-state index contributed by atoms with van der Waals surface area (Å²) in [5.74, 6) is -0.138. The first kappa shape index (κ1) is 20.4. The third-order valence-corrected chi connectivity index (χ3v) is 5.07. The number of carbonyl (C=O) groups excluding carboxylic acids is 1. The number of anilines is 1. The lowest BCUT2D eigenvalue weighted by Crippen LogP contribution is -2.44. The smallest absolute Gasteiger partial charge is 0.336 e. The number of halogens is 1. The highest BCUT2D eigenvalue weighted by Gasteiger charge is 2.32. The Morgan fingerprint density at radius 3 is 2.65 bits per heavy atom. The number of carbonyl (C=O) groups is 1. The summed E-state index contributed by atoms with van der Waals surface area (Å²) < 4.78 is 10.6. The second-order valence-electron chi connectivity index (χ2n) is 6.85. The highest BCUT2D eigenvalue weighted by Crippen LogP contribution is 2.29. The zero-order valence-electron chi connectivity index (χ0n) is 15.2. The molecule has 0 saturated heterocycles. The molecule has 0 radical (unpaired) electrons. The molecule has 3 rings (SSSR count). The Labute approximate surface area is 158 Å². The summed E-state index contributed by atoms with van der Waals surface area (Å²) in [5, 5.41) is 3.84. The Morgan fingerprint density at radius 1 is 1.23 bits per heavy atom. The van der Waals surface area contributed by atoms with Gasteiger partial charge in [-0.2, -0.15) is 0 Å². The number of fused-ring (bicyclic) bond motifs is 1. The normalized spacial score (nSPS) is 22.7. The summed E-state index contributed by atoms with van der Waals surface area (Å²) in [4.78, 5) is 24.2. The van der Waals surface area contributed by atoms with Crippen molar-refractivity contribution in [2.24, 2.45) is 11.7 Å². The van der Waals surface area contributed by atoms with Gasteiger partial charge in [0.25, 0.3) is 0 Å². The number of nitrogens with two attached hydrogens (primary N) is 1. The fraction of sp³-hybridized carbons (Fsp3) is 0.474. The molecular formula is C19H25ClN2O4. The van der Waals surface area contributed by atoms with Gasteiger partial charge in [-0.3, -0.25) is 4.79 Å². The zero-order valence-corrected chi connectivity index (χ0v) is 16.0. The van der Waals surface area contributed by atoms with Gasteiger partial charge in [0.1, 0.15) is 5.58 Å². The van der Waals surface area contributed by atoms with Gasteiger partial charge in [-0.25, -0.2) is 4.79 Å². The first-order valence-corrected chi connectivity index (χ1v) is 8.53. The third kappa shape index (κ3) is 4.09. The van der Waals surface area contributed by atoms with E-state index < -0.39 is 0 Å². The summed E-state index contributed by atoms with van der Waals surface area (Å²) in [7, 11) is 1.63. The van der Waals surface area contributed by atoms with Crippen molar-refractivity contribution in [1.29, 1.82) is 0 Å². The molecule has 1 fully saturated rings. The van der Waals surface area contributed by atoms with E-state index in [-0.39, 0.29) is 42.0 Å². The maximum atomic E-state index is 12.7. The van der Waals surface area contributed by atoms with Gasteiger partial charge in [-0.15, -0.1) is 12.4 Å². The maximum Gasteiger partial charge on any atom is 0.336 e. The topological polar surface area (TPSA) is 94.6 Å². The average molecular weight is 381 g/mol. The fourth-order valence-electron chi connectivity index (χ4n) is 3.50. The molecule has 1 amide bonds. The van der Waals surface area contributed by atoms with Gasteiger partial charge in [-0.1, -0.05) is 0 Å². The van der Waals surface area contributed by atoms with Gasteiger partial charge in [0.05, 0.1) is 6.10 Å². The summed E-state index contributed by atoms with van der Waals surface area (Å²) in [6, 6.07) is 5.09. The van der Waals surface area contributed by atoms with Crippen LogP contribution >= 0.6 is 12.4 Å². The Kier molecular flexibility index (Phi) is 6.44. The van der Waals surface area contributed by atoms with Crippen LogP contribution in [-0.4, -0.2) is 25.2 Å². The lowest BCUT2D eigenvalue weighted by atomic mass is 9.83. The van der Waals surface area contributed by atoms with E-state index in [0.29, 0.717) is 12.0 Å². The average Bonchev–Trinajstić information content (AvgIpc) is 2.56. The molecule has 3 N–H and O–H groups in total. The maximum absolute atomic E-state index is 12.7. The molecule has 0 aliphatic heterocycles. The van der Waals surface area contributed by atoms with Gasteiger partial charge >= 0.3 is 5.63 Å². The molecule has 0 spiro atoms. The van der Waals surface area contributed by atoms with Gasteiger partial charge in [0, 0.05) is 36.2 Å². The van der Waals surface area contributed by atoms with E-state index in [0.717, 1.165) is 35.0 Å². The van der Waals surface area contributed by atoms with Crippen molar-refractivity contribution >= 4 is 35.0 Å². The molecule has 1 heterocycles. The van der Waals surface area contributed by atoms with E-state index >= 15 is 0 Å². The number of ether oxygens (including phenoxy) is 1. The molecule has 6 nitrogen and oxygen atoms in total. The molecule has 142 valence electrons. The van der Waals surface area contributed by atoms with E-state index in [1.54, 1.807) is 13.2 Å². The second kappa shape index (κ2) is 8.20. The van der Waals surface area contributed by atoms with Gasteiger partial charge in [0.15, 0.2) is 0 Å². The van der Waals surface area contributed by atoms with E-state index in [9.17, 15) is 9.59 Å². The van der Waals surface area contributed by atoms with E-state index in [4.69, 9.17) is 14.9 Å². The number of methoxy groups -OCH3 is 1. The first-order chi connectivity index (χ1) is 11.9. The lowest BCUT2D eigenvalue weighted by Gasteiger charge is -2.32. The zero-order chi connectivity index (χ0) is 18.1. The summed E-state index contributed by atoms with van der Waals surface area (Å²) >= 11 is 0. The molecule has 0 unspecified atom stereocenters. The summed E-state index contributed by atoms with van der Waals surface area (Å²) in [6.07, 6.45) is 2.08. The standard InChI is InChI=1S/C19H24N2O4.ClH/c1-10-7-18(22)25-16-6-11(2)15(9-13(10)16)21-19(23)12-4-5-14(20)17(8-12)24-3;/h6-7,9,12,14,17H,4-5,8,20H2,1-3H3,(H,21,23);1H/t12-,14+,17+;/m0./s1. The van der Waals surface area contributed by atoms with Crippen molar-refractivity contribution in [2.45, 2.75) is 45.3 Å². The summed E-state index contributed by atoms with van der Waals surface area (Å²) in [6.45, 7) is 3.73. The van der Waals surface area contributed by atoms with Crippen LogP contribution in [-0.2, 0) is 9.53 Å². The Balaban J connectivity index is 0.00000243. The third-order valence-electron chi connectivity index (χ3n) is 5.07. The van der Waals surface area contributed by atoms with Crippen molar-refractivity contribution in [3.8, 4) is 0 Å². The molecule has 1 aromatic heterocycles. The largest absolute Gasteiger partial charge is 0.423 e. The molecule has 26 heavy (non-hydrogen) atoms. The number of hydrogen-bond acceptors (Lipinski definition) is 5. The van der Waals surface area contributed by atoms with Crippen LogP contribution in [0.3, 0.4) is 0 Å². The highest BCUT2D eigenvalue weighted by molar-refractivity contribution is 5.96. The highest BCUT2D eigenvalue weighted by atomic mass is 35.5. The van der Waals surface area contributed by atoms with Crippen LogP contribution in [0.1, 0.15) is 30.4 Å². The van der Waals surface area contributed by atoms with Crippen molar-refractivity contribution < 1.29 is 13.9 Å². The van der Waals surface area contributed by atoms with E-state index in [1.165, 1.54) is 6.07 Å². The summed E-state index contributed by atoms with van der Waals surface area (Å²) in [5.41, 5.74) is 8.60. The number of hydrogen-bond donors (Lipinski definition) is 2. The first-order valence-electron chi connectivity index (χ1n) is 8.53. The molecule has 3 atom stereocenters. The van der Waals surface area contributed by atoms with E-state index in [2.05, 4.69) is 5.32 Å². The van der Waals surface area contributed by atoms with Crippen LogP contribution in [0.2, 0.25) is 0 Å². The predicted octanol–water partition coefficient (Wildman–Crippen LogP) is 2.91. The van der Waals surface area contributed by atoms with Crippen LogP contribution in [0.15, 0.2) is 27.4 Å². The van der Waals surface area contributed by atoms with Gasteiger partial charge < -0.3 is 20.2 Å². The molecule has 1 aliphatic rings. The Bertz CT molecular complexity index is 864. The van der Waals surface area contributed by atoms with Crippen molar-refractivity contribution in [3.63, 3.8) is 0 Å². The lowest BCUT2D eigenvalue weighted by molar-refractivity contribution is -0.122. The van der Waals surface area contributed by atoms with E-state index in [1.807, 2.05) is 19.9 Å². The van der Waals surface area contributed by atoms with Crippen LogP contribution < -0.4 is 16.7 Å². The molecule has 7 heteroatoms. The number of nitrogens with one attached hydrogen (secondary N) is 1. The van der Waals surface area contributed by atoms with Gasteiger partial charge in [0.2, 0.25) is 5.91 Å². The van der Waals surface area contributed by atoms with Crippen molar-refractivity contribution in [2.75, 3.05) is 12.4 Å². The number of amides is 1. The minimum absolute atomic E-state index is 0. The van der Waals surface area contributed by atoms with Gasteiger partial charge in [-0.05, 0) is 56.4 Å². The molecular weight excluding hydrogens is 356 g/mol. The predicted molar refractivity (Wildman–Crippen MR) is 104 cm³/mol. The minimum atomic E-state index is -0.370. The quantitative estimate of drug-likeness (QED) is 0.798. The second-order valence-corrected chi connectivity index (χ2v) is 6.85. The van der Waals surface area contributed by atoms with Crippen LogP contribution in [0.25, 0.3) is 11.0 Å². The minimum Gasteiger partial charge on any atom is -0.423 e. The van der Waals surface area contributed by atoms with Crippen LogP contribution in [0, 0.1) is 19.8 Å².